The van der Waals surface area contributed by atoms with Gasteiger partial charge in [-0.05, 0) is 26.2 Å². The van der Waals surface area contributed by atoms with Crippen molar-refractivity contribution >= 4 is 5.97 Å². The van der Waals surface area contributed by atoms with E-state index < -0.39 is 5.97 Å². The first-order valence-corrected chi connectivity index (χ1v) is 5.19. The van der Waals surface area contributed by atoms with Gasteiger partial charge in [0.05, 0.1) is 12.2 Å². The number of carbonyl (C=O) groups is 1. The molecule has 0 spiro atoms. The molecule has 1 N–H and O–H groups in total. The lowest BCUT2D eigenvalue weighted by molar-refractivity contribution is -0.132. The molecule has 0 unspecified atom stereocenters. The van der Waals surface area contributed by atoms with E-state index in [4.69, 9.17) is 9.84 Å². The van der Waals surface area contributed by atoms with E-state index in [1.54, 1.807) is 0 Å². The summed E-state index contributed by atoms with van der Waals surface area (Å²) in [6, 6.07) is 0. The number of rotatable bonds is 5. The van der Waals surface area contributed by atoms with Gasteiger partial charge < -0.3 is 9.84 Å². The molecule has 0 rings (SSSR count). The Labute approximate surface area is 91.1 Å². The third-order valence-electron chi connectivity index (χ3n) is 1.81. The highest BCUT2D eigenvalue weighted by atomic mass is 16.5. The molecule has 0 fully saturated rings. The van der Waals surface area contributed by atoms with Gasteiger partial charge in [0.1, 0.15) is 0 Å². The van der Waals surface area contributed by atoms with E-state index in [1.807, 2.05) is 6.92 Å². The summed E-state index contributed by atoms with van der Waals surface area (Å²) in [5.41, 5.74) is 0.167. The topological polar surface area (TPSA) is 46.5 Å². The fourth-order valence-corrected chi connectivity index (χ4v) is 0.887. The number of allylic oxidation sites excluding steroid dienone is 1. The van der Waals surface area contributed by atoms with Gasteiger partial charge in [0.25, 0.3) is 0 Å². The lowest BCUT2D eigenvalue weighted by Gasteiger charge is -2.03. The highest BCUT2D eigenvalue weighted by Gasteiger charge is 2.07. The summed E-state index contributed by atoms with van der Waals surface area (Å²) in [6.45, 7) is 5.83. The Morgan fingerprint density at radius 1 is 1.40 bits per heavy atom. The lowest BCUT2D eigenvalue weighted by Crippen LogP contribution is -2.03. The zero-order chi connectivity index (χ0) is 11.7. The second-order valence-electron chi connectivity index (χ2n) is 3.10. The van der Waals surface area contributed by atoms with Crippen LogP contribution in [0, 0.1) is 11.8 Å². The highest BCUT2D eigenvalue weighted by molar-refractivity contribution is 5.87. The average Bonchev–Trinajstić information content (AvgIpc) is 2.21. The number of ether oxygens (including phenoxy) is 1. The Balaban J connectivity index is 4.57. The van der Waals surface area contributed by atoms with Crippen molar-refractivity contribution in [1.29, 1.82) is 0 Å². The van der Waals surface area contributed by atoms with Crippen molar-refractivity contribution in [2.45, 2.75) is 40.0 Å². The van der Waals surface area contributed by atoms with E-state index in [0.717, 1.165) is 19.3 Å². The van der Waals surface area contributed by atoms with Gasteiger partial charge in [-0.1, -0.05) is 19.3 Å². The minimum Gasteiger partial charge on any atom is -0.485 e. The van der Waals surface area contributed by atoms with Crippen LogP contribution in [0.4, 0.5) is 0 Å². The quantitative estimate of drug-likeness (QED) is 0.328. The van der Waals surface area contributed by atoms with Crippen LogP contribution in [0.15, 0.2) is 11.3 Å². The molecule has 0 radical (unpaired) electrons. The third-order valence-corrected chi connectivity index (χ3v) is 1.81. The smallest absolute Gasteiger partial charge is 0.335 e. The molecule has 15 heavy (non-hydrogen) atoms. The van der Waals surface area contributed by atoms with Crippen LogP contribution >= 0.6 is 0 Å². The molecular formula is C12H18O3. The number of unbranched alkanes of at least 4 members (excludes halogenated alkanes) is 2. The summed E-state index contributed by atoms with van der Waals surface area (Å²) in [6.07, 6.45) is 2.89. The highest BCUT2D eigenvalue weighted by Crippen LogP contribution is 2.05. The zero-order valence-corrected chi connectivity index (χ0v) is 9.59. The fraction of sp³-hybridized carbons (Fsp3) is 0.583. The Kier molecular flexibility index (Phi) is 7.17. The van der Waals surface area contributed by atoms with Gasteiger partial charge in [-0.3, -0.25) is 0 Å². The van der Waals surface area contributed by atoms with Crippen LogP contribution in [0.25, 0.3) is 0 Å². The Bertz CT molecular complexity index is 292. The van der Waals surface area contributed by atoms with Crippen molar-refractivity contribution in [3.63, 3.8) is 0 Å². The van der Waals surface area contributed by atoms with E-state index >= 15 is 0 Å². The van der Waals surface area contributed by atoms with Crippen molar-refractivity contribution in [1.82, 2.24) is 0 Å². The van der Waals surface area contributed by atoms with E-state index in [2.05, 4.69) is 18.8 Å². The molecular weight excluding hydrogens is 192 g/mol. The monoisotopic (exact) mass is 210 g/mol. The molecule has 0 atom stereocenters. The molecule has 84 valence electrons. The number of aliphatic carboxylic acids is 1. The zero-order valence-electron chi connectivity index (χ0n) is 9.59. The van der Waals surface area contributed by atoms with Crippen molar-refractivity contribution in [2.75, 3.05) is 6.61 Å². The van der Waals surface area contributed by atoms with E-state index in [-0.39, 0.29) is 11.3 Å². The summed E-state index contributed by atoms with van der Waals surface area (Å²) in [7, 11) is 0. The SMILES string of the molecule is CCCCC#C/C(OCC)=C(/C)C(=O)O. The van der Waals surface area contributed by atoms with Crippen molar-refractivity contribution in [3.05, 3.63) is 11.3 Å². The van der Waals surface area contributed by atoms with E-state index in [1.165, 1.54) is 6.92 Å². The first-order chi connectivity index (χ1) is 7.13. The molecule has 3 heteroatoms. The minimum atomic E-state index is -0.983. The molecule has 0 aromatic heterocycles. The van der Waals surface area contributed by atoms with E-state index in [0.29, 0.717) is 6.61 Å². The van der Waals surface area contributed by atoms with Crippen LogP contribution in [-0.4, -0.2) is 17.7 Å². The molecule has 0 aromatic rings. The van der Waals surface area contributed by atoms with Crippen LogP contribution in [0.1, 0.15) is 40.0 Å². The average molecular weight is 210 g/mol. The molecule has 0 bridgehead atoms. The van der Waals surface area contributed by atoms with Crippen molar-refractivity contribution in [2.24, 2.45) is 0 Å². The second-order valence-corrected chi connectivity index (χ2v) is 3.10. The second kappa shape index (κ2) is 7.93. The van der Waals surface area contributed by atoms with Gasteiger partial charge in [-0.25, -0.2) is 4.79 Å². The standard InChI is InChI=1S/C12H18O3/c1-4-6-7-8-9-11(15-5-2)10(3)12(13)14/h4-7H2,1-3H3,(H,13,14)/b11-10+. The molecule has 0 aliphatic carbocycles. The summed E-state index contributed by atoms with van der Waals surface area (Å²) in [5, 5.41) is 8.78. The normalized spacial score (nSPS) is 11.1. The number of hydrogen-bond donors (Lipinski definition) is 1. The predicted octanol–water partition coefficient (Wildman–Crippen LogP) is 2.58. The largest absolute Gasteiger partial charge is 0.485 e. The van der Waals surface area contributed by atoms with Gasteiger partial charge in [0.2, 0.25) is 0 Å². The number of hydrogen-bond acceptors (Lipinski definition) is 2. The first kappa shape index (κ1) is 13.6. The third kappa shape index (κ3) is 5.79. The van der Waals surface area contributed by atoms with Crippen LogP contribution in [0.5, 0.6) is 0 Å². The predicted molar refractivity (Wildman–Crippen MR) is 59.3 cm³/mol. The number of carboxylic acid groups (broad SMARTS) is 1. The maximum Gasteiger partial charge on any atom is 0.335 e. The summed E-state index contributed by atoms with van der Waals surface area (Å²) in [4.78, 5) is 10.7. The summed E-state index contributed by atoms with van der Waals surface area (Å²) in [5.74, 6) is 4.97. The molecule has 3 nitrogen and oxygen atoms in total. The summed E-state index contributed by atoms with van der Waals surface area (Å²) < 4.78 is 5.17. The fourth-order valence-electron chi connectivity index (χ4n) is 0.887. The Morgan fingerprint density at radius 3 is 2.53 bits per heavy atom. The van der Waals surface area contributed by atoms with Crippen LogP contribution < -0.4 is 0 Å². The van der Waals surface area contributed by atoms with Gasteiger partial charge >= 0.3 is 5.97 Å². The van der Waals surface area contributed by atoms with Crippen molar-refractivity contribution < 1.29 is 14.6 Å². The first-order valence-electron chi connectivity index (χ1n) is 5.19. The van der Waals surface area contributed by atoms with Gasteiger partial charge in [-0.2, -0.15) is 0 Å². The van der Waals surface area contributed by atoms with Gasteiger partial charge in [0, 0.05) is 6.42 Å². The molecule has 0 aromatic carbocycles. The molecule has 0 saturated carbocycles. The molecule has 0 saturated heterocycles. The van der Waals surface area contributed by atoms with E-state index in [9.17, 15) is 4.79 Å². The van der Waals surface area contributed by atoms with Crippen LogP contribution in [0.3, 0.4) is 0 Å². The van der Waals surface area contributed by atoms with Gasteiger partial charge in [0.15, 0.2) is 5.76 Å². The maximum absolute atomic E-state index is 10.7. The molecule has 0 amide bonds. The molecule has 0 aliphatic rings. The Morgan fingerprint density at radius 2 is 2.07 bits per heavy atom. The minimum absolute atomic E-state index is 0.167. The number of carboxylic acids is 1. The van der Waals surface area contributed by atoms with Crippen LogP contribution in [-0.2, 0) is 9.53 Å². The maximum atomic E-state index is 10.7. The van der Waals surface area contributed by atoms with Gasteiger partial charge in [-0.15, -0.1) is 0 Å². The molecule has 0 heterocycles. The molecule has 0 aliphatic heterocycles. The lowest BCUT2D eigenvalue weighted by atomic mass is 10.2. The summed E-state index contributed by atoms with van der Waals surface area (Å²) >= 11 is 0. The van der Waals surface area contributed by atoms with Crippen LogP contribution in [0.2, 0.25) is 0 Å². The van der Waals surface area contributed by atoms with Crippen molar-refractivity contribution in [3.8, 4) is 11.8 Å². The Hall–Kier alpha value is -1.43.